The maximum absolute atomic E-state index is 12.8. The SMILES string of the molecule is CCC1(CC)CCN(S(=O)(=O)c2ccc(Cl)c(CN)c2)C1. The number of hydrogen-bond acceptors (Lipinski definition) is 3. The molecule has 1 saturated heterocycles. The van der Waals surface area contributed by atoms with Gasteiger partial charge in [0.2, 0.25) is 10.0 Å². The van der Waals surface area contributed by atoms with Crippen LogP contribution in [0.25, 0.3) is 0 Å². The molecular weight excluding hydrogens is 308 g/mol. The molecule has 1 aliphatic rings. The summed E-state index contributed by atoms with van der Waals surface area (Å²) in [5, 5.41) is 0.509. The van der Waals surface area contributed by atoms with Gasteiger partial charge in [0.1, 0.15) is 0 Å². The number of halogens is 1. The molecule has 6 heteroatoms. The van der Waals surface area contributed by atoms with Crippen LogP contribution in [-0.4, -0.2) is 25.8 Å². The van der Waals surface area contributed by atoms with Gasteiger partial charge in [0, 0.05) is 24.7 Å². The molecule has 0 atom stereocenters. The van der Waals surface area contributed by atoms with E-state index in [-0.39, 0.29) is 16.9 Å². The van der Waals surface area contributed by atoms with E-state index in [2.05, 4.69) is 13.8 Å². The third-order valence-corrected chi connectivity index (χ3v) is 6.99. The second kappa shape index (κ2) is 6.24. The Hall–Kier alpha value is -0.620. The molecule has 4 nitrogen and oxygen atoms in total. The zero-order valence-electron chi connectivity index (χ0n) is 12.6. The minimum Gasteiger partial charge on any atom is -0.326 e. The second-order valence-electron chi connectivity index (χ2n) is 5.75. The molecule has 1 aromatic rings. The van der Waals surface area contributed by atoms with Crippen LogP contribution in [0.3, 0.4) is 0 Å². The summed E-state index contributed by atoms with van der Waals surface area (Å²) in [6.45, 7) is 5.69. The summed E-state index contributed by atoms with van der Waals surface area (Å²) >= 11 is 6.01. The smallest absolute Gasteiger partial charge is 0.243 e. The quantitative estimate of drug-likeness (QED) is 0.902. The summed E-state index contributed by atoms with van der Waals surface area (Å²) in [5.74, 6) is 0. The summed E-state index contributed by atoms with van der Waals surface area (Å²) < 4.78 is 27.2. The van der Waals surface area contributed by atoms with Crippen LogP contribution in [0.4, 0.5) is 0 Å². The lowest BCUT2D eigenvalue weighted by molar-refractivity contribution is 0.279. The molecule has 0 aromatic heterocycles. The Labute approximate surface area is 132 Å². The van der Waals surface area contributed by atoms with Gasteiger partial charge in [-0.15, -0.1) is 0 Å². The van der Waals surface area contributed by atoms with E-state index in [0.717, 1.165) is 19.3 Å². The van der Waals surface area contributed by atoms with Crippen molar-refractivity contribution in [1.82, 2.24) is 4.31 Å². The van der Waals surface area contributed by atoms with Gasteiger partial charge < -0.3 is 5.73 Å². The molecule has 1 heterocycles. The van der Waals surface area contributed by atoms with E-state index < -0.39 is 10.0 Å². The lowest BCUT2D eigenvalue weighted by atomic mass is 9.82. The molecule has 21 heavy (non-hydrogen) atoms. The predicted molar refractivity (Wildman–Crippen MR) is 85.7 cm³/mol. The summed E-state index contributed by atoms with van der Waals surface area (Å²) in [6.07, 6.45) is 2.94. The molecule has 0 unspecified atom stereocenters. The van der Waals surface area contributed by atoms with Gasteiger partial charge in [-0.1, -0.05) is 25.4 Å². The van der Waals surface area contributed by atoms with Crippen LogP contribution < -0.4 is 5.73 Å². The predicted octanol–water partition coefficient (Wildman–Crippen LogP) is 3.00. The summed E-state index contributed by atoms with van der Waals surface area (Å²) in [4.78, 5) is 0.287. The van der Waals surface area contributed by atoms with Crippen molar-refractivity contribution >= 4 is 21.6 Å². The Balaban J connectivity index is 2.31. The van der Waals surface area contributed by atoms with Gasteiger partial charge in [-0.25, -0.2) is 8.42 Å². The molecular formula is C15H23ClN2O2S. The number of nitrogens with two attached hydrogens (primary N) is 1. The van der Waals surface area contributed by atoms with Crippen molar-refractivity contribution in [1.29, 1.82) is 0 Å². The molecule has 2 N–H and O–H groups in total. The Bertz CT molecular complexity index is 612. The Kier molecular flexibility index (Phi) is 4.98. The molecule has 118 valence electrons. The van der Waals surface area contributed by atoms with Gasteiger partial charge in [0.25, 0.3) is 0 Å². The van der Waals surface area contributed by atoms with Crippen molar-refractivity contribution in [3.8, 4) is 0 Å². The first-order valence-electron chi connectivity index (χ1n) is 7.37. The molecule has 0 aliphatic carbocycles. The van der Waals surface area contributed by atoms with Crippen LogP contribution in [0.2, 0.25) is 5.02 Å². The van der Waals surface area contributed by atoms with Crippen molar-refractivity contribution in [3.63, 3.8) is 0 Å². The first-order valence-corrected chi connectivity index (χ1v) is 9.19. The van der Waals surface area contributed by atoms with Gasteiger partial charge >= 0.3 is 0 Å². The van der Waals surface area contributed by atoms with Crippen LogP contribution >= 0.6 is 11.6 Å². The fraction of sp³-hybridized carbons (Fsp3) is 0.600. The van der Waals surface area contributed by atoms with E-state index in [1.165, 1.54) is 0 Å². The summed E-state index contributed by atoms with van der Waals surface area (Å²) in [6, 6.07) is 4.77. The molecule has 0 saturated carbocycles. The van der Waals surface area contributed by atoms with E-state index >= 15 is 0 Å². The van der Waals surface area contributed by atoms with Crippen LogP contribution in [0.15, 0.2) is 23.1 Å². The minimum absolute atomic E-state index is 0.121. The van der Waals surface area contributed by atoms with Gasteiger partial charge in [-0.05, 0) is 48.4 Å². The molecule has 1 aliphatic heterocycles. The van der Waals surface area contributed by atoms with E-state index in [9.17, 15) is 8.42 Å². The van der Waals surface area contributed by atoms with Crippen molar-refractivity contribution in [3.05, 3.63) is 28.8 Å². The average molecular weight is 331 g/mol. The van der Waals surface area contributed by atoms with Gasteiger partial charge in [0.15, 0.2) is 0 Å². The van der Waals surface area contributed by atoms with Crippen molar-refractivity contribution in [2.45, 2.75) is 44.6 Å². The zero-order valence-corrected chi connectivity index (χ0v) is 14.2. The highest BCUT2D eigenvalue weighted by atomic mass is 35.5. The third kappa shape index (κ3) is 3.11. The highest BCUT2D eigenvalue weighted by Crippen LogP contribution is 2.39. The largest absolute Gasteiger partial charge is 0.326 e. The van der Waals surface area contributed by atoms with Crippen LogP contribution in [0.5, 0.6) is 0 Å². The van der Waals surface area contributed by atoms with Crippen LogP contribution in [-0.2, 0) is 16.6 Å². The summed E-state index contributed by atoms with van der Waals surface area (Å²) in [7, 11) is -3.46. The van der Waals surface area contributed by atoms with E-state index in [4.69, 9.17) is 17.3 Å². The van der Waals surface area contributed by atoms with Crippen LogP contribution in [0.1, 0.15) is 38.7 Å². The lowest BCUT2D eigenvalue weighted by Gasteiger charge is -2.26. The number of benzene rings is 1. The minimum atomic E-state index is -3.46. The fourth-order valence-corrected chi connectivity index (χ4v) is 4.74. The van der Waals surface area contributed by atoms with E-state index in [1.54, 1.807) is 22.5 Å². The van der Waals surface area contributed by atoms with Crippen LogP contribution in [0, 0.1) is 5.41 Å². The molecule has 0 amide bonds. The number of nitrogens with zero attached hydrogens (tertiary/aromatic N) is 1. The Morgan fingerprint density at radius 2 is 2.00 bits per heavy atom. The third-order valence-electron chi connectivity index (χ3n) is 4.78. The standard InChI is InChI=1S/C15H23ClN2O2S/c1-3-15(4-2)7-8-18(11-15)21(19,20)13-5-6-14(16)12(9-13)10-17/h5-6,9H,3-4,7-8,10-11,17H2,1-2H3. The molecule has 0 radical (unpaired) electrons. The van der Waals surface area contributed by atoms with Gasteiger partial charge in [-0.2, -0.15) is 4.31 Å². The van der Waals surface area contributed by atoms with Crippen molar-refractivity contribution < 1.29 is 8.42 Å². The Morgan fingerprint density at radius 3 is 2.52 bits per heavy atom. The van der Waals surface area contributed by atoms with E-state index in [0.29, 0.717) is 23.7 Å². The van der Waals surface area contributed by atoms with Crippen molar-refractivity contribution in [2.75, 3.05) is 13.1 Å². The monoisotopic (exact) mass is 330 g/mol. The lowest BCUT2D eigenvalue weighted by Crippen LogP contribution is -2.32. The first kappa shape index (κ1) is 16.7. The molecule has 1 aromatic carbocycles. The van der Waals surface area contributed by atoms with Gasteiger partial charge in [-0.3, -0.25) is 0 Å². The molecule has 0 bridgehead atoms. The topological polar surface area (TPSA) is 63.4 Å². The number of hydrogen-bond donors (Lipinski definition) is 1. The first-order chi connectivity index (χ1) is 9.88. The van der Waals surface area contributed by atoms with Gasteiger partial charge in [0.05, 0.1) is 4.90 Å². The average Bonchev–Trinajstić information content (AvgIpc) is 2.93. The maximum Gasteiger partial charge on any atom is 0.243 e. The fourth-order valence-electron chi connectivity index (χ4n) is 2.94. The van der Waals surface area contributed by atoms with E-state index in [1.807, 2.05) is 0 Å². The maximum atomic E-state index is 12.8. The molecule has 0 spiro atoms. The highest BCUT2D eigenvalue weighted by Gasteiger charge is 2.40. The number of rotatable bonds is 5. The second-order valence-corrected chi connectivity index (χ2v) is 8.10. The van der Waals surface area contributed by atoms with Crippen molar-refractivity contribution in [2.24, 2.45) is 11.1 Å². The normalized spacial score (nSPS) is 19.0. The summed E-state index contributed by atoms with van der Waals surface area (Å²) in [5.41, 5.74) is 6.39. The number of sulfonamides is 1. The molecule has 2 rings (SSSR count). The zero-order chi connectivity index (χ0) is 15.7. The highest BCUT2D eigenvalue weighted by molar-refractivity contribution is 7.89. The Morgan fingerprint density at radius 1 is 1.33 bits per heavy atom. The molecule has 1 fully saturated rings.